The van der Waals surface area contributed by atoms with Crippen molar-refractivity contribution in [2.45, 2.75) is 0 Å². The minimum Gasteiger partial charge on any atom is -0.452 e. The van der Waals surface area contributed by atoms with Gasteiger partial charge in [0.05, 0.1) is 21.8 Å². The SMILES string of the molecule is O=C(COC(=O)c1ccc2nc(Cl)ccc2c1)Nc1cc(Cl)ccc1Cl. The maximum Gasteiger partial charge on any atom is 0.338 e. The van der Waals surface area contributed by atoms with Crippen LogP contribution in [0.5, 0.6) is 0 Å². The monoisotopic (exact) mass is 408 g/mol. The Hall–Kier alpha value is -2.34. The predicted molar refractivity (Wildman–Crippen MR) is 102 cm³/mol. The third-order valence-electron chi connectivity index (χ3n) is 3.43. The van der Waals surface area contributed by atoms with Gasteiger partial charge in [0.1, 0.15) is 5.15 Å². The molecule has 0 saturated carbocycles. The van der Waals surface area contributed by atoms with Gasteiger partial charge >= 0.3 is 5.97 Å². The summed E-state index contributed by atoms with van der Waals surface area (Å²) in [5.74, 6) is -1.16. The fourth-order valence-corrected chi connectivity index (χ4v) is 2.71. The Bertz CT molecular complexity index is 1010. The molecule has 132 valence electrons. The van der Waals surface area contributed by atoms with Crippen molar-refractivity contribution in [3.05, 3.63) is 69.3 Å². The molecule has 1 heterocycles. The number of amides is 1. The Morgan fingerprint density at radius 3 is 2.62 bits per heavy atom. The lowest BCUT2D eigenvalue weighted by molar-refractivity contribution is -0.119. The van der Waals surface area contributed by atoms with E-state index in [4.69, 9.17) is 39.5 Å². The number of carbonyl (C=O) groups excluding carboxylic acids is 2. The number of fused-ring (bicyclic) bond motifs is 1. The van der Waals surface area contributed by atoms with E-state index in [1.807, 2.05) is 0 Å². The summed E-state index contributed by atoms with van der Waals surface area (Å²) in [6.45, 7) is -0.460. The highest BCUT2D eigenvalue weighted by molar-refractivity contribution is 6.35. The largest absolute Gasteiger partial charge is 0.452 e. The molecule has 0 saturated heterocycles. The molecule has 0 bridgehead atoms. The number of nitrogens with one attached hydrogen (secondary N) is 1. The van der Waals surface area contributed by atoms with Crippen LogP contribution >= 0.6 is 34.8 Å². The van der Waals surface area contributed by atoms with Crippen LogP contribution in [0.2, 0.25) is 15.2 Å². The average molecular weight is 410 g/mol. The van der Waals surface area contributed by atoms with E-state index in [1.54, 1.807) is 42.5 Å². The molecule has 0 radical (unpaired) electrons. The van der Waals surface area contributed by atoms with Crippen LogP contribution in [-0.2, 0) is 9.53 Å². The van der Waals surface area contributed by atoms with Gasteiger partial charge < -0.3 is 10.1 Å². The molecule has 0 fully saturated rings. The highest BCUT2D eigenvalue weighted by atomic mass is 35.5. The minimum atomic E-state index is -0.630. The standard InChI is InChI=1S/C18H11Cl3N2O3/c19-12-3-4-13(20)15(8-12)23-17(24)9-26-18(25)11-1-5-14-10(7-11)2-6-16(21)22-14/h1-8H,9H2,(H,23,24). The van der Waals surface area contributed by atoms with Gasteiger partial charge in [0, 0.05) is 10.4 Å². The van der Waals surface area contributed by atoms with E-state index in [9.17, 15) is 9.59 Å². The van der Waals surface area contributed by atoms with Crippen molar-refractivity contribution in [3.8, 4) is 0 Å². The van der Waals surface area contributed by atoms with Crippen LogP contribution in [0.4, 0.5) is 5.69 Å². The van der Waals surface area contributed by atoms with Crippen LogP contribution in [0.15, 0.2) is 48.5 Å². The van der Waals surface area contributed by atoms with E-state index in [1.165, 1.54) is 6.07 Å². The third kappa shape index (κ3) is 4.43. The molecule has 0 spiro atoms. The summed E-state index contributed by atoms with van der Waals surface area (Å²) >= 11 is 17.7. The van der Waals surface area contributed by atoms with E-state index in [0.717, 1.165) is 5.39 Å². The normalized spacial score (nSPS) is 10.6. The number of rotatable bonds is 4. The second-order valence-electron chi connectivity index (χ2n) is 5.29. The summed E-state index contributed by atoms with van der Waals surface area (Å²) < 4.78 is 5.03. The Balaban J connectivity index is 1.64. The van der Waals surface area contributed by atoms with Crippen LogP contribution < -0.4 is 5.32 Å². The van der Waals surface area contributed by atoms with Gasteiger partial charge in [-0.25, -0.2) is 9.78 Å². The maximum atomic E-state index is 12.1. The van der Waals surface area contributed by atoms with Gasteiger partial charge in [-0.15, -0.1) is 0 Å². The van der Waals surface area contributed by atoms with Crippen LogP contribution in [-0.4, -0.2) is 23.5 Å². The van der Waals surface area contributed by atoms with Gasteiger partial charge in [-0.2, -0.15) is 0 Å². The number of esters is 1. The first kappa shape index (κ1) is 18.5. The van der Waals surface area contributed by atoms with Crippen LogP contribution in [0.1, 0.15) is 10.4 Å². The van der Waals surface area contributed by atoms with Crippen molar-refractivity contribution in [3.63, 3.8) is 0 Å². The number of benzene rings is 2. The first-order valence-corrected chi connectivity index (χ1v) is 8.54. The Morgan fingerprint density at radius 2 is 1.81 bits per heavy atom. The van der Waals surface area contributed by atoms with Crippen LogP contribution in [0.25, 0.3) is 10.9 Å². The number of anilines is 1. The highest BCUT2D eigenvalue weighted by Crippen LogP contribution is 2.25. The lowest BCUT2D eigenvalue weighted by Crippen LogP contribution is -2.21. The van der Waals surface area contributed by atoms with E-state index in [2.05, 4.69) is 10.3 Å². The number of aromatic nitrogens is 1. The zero-order chi connectivity index (χ0) is 18.7. The number of hydrogen-bond acceptors (Lipinski definition) is 4. The van der Waals surface area contributed by atoms with Crippen molar-refractivity contribution in [2.24, 2.45) is 0 Å². The first-order chi connectivity index (χ1) is 12.4. The van der Waals surface area contributed by atoms with Gasteiger partial charge in [0.25, 0.3) is 5.91 Å². The molecular weight excluding hydrogens is 399 g/mol. The molecule has 5 nitrogen and oxygen atoms in total. The molecule has 1 amide bonds. The smallest absolute Gasteiger partial charge is 0.338 e. The van der Waals surface area contributed by atoms with E-state index < -0.39 is 18.5 Å². The third-order valence-corrected chi connectivity index (χ3v) is 4.20. The zero-order valence-corrected chi connectivity index (χ0v) is 15.4. The predicted octanol–water partition coefficient (Wildman–Crippen LogP) is 4.99. The molecule has 0 aliphatic heterocycles. The van der Waals surface area contributed by atoms with Crippen molar-refractivity contribution >= 4 is 63.3 Å². The number of pyridine rings is 1. The van der Waals surface area contributed by atoms with Crippen LogP contribution in [0, 0.1) is 0 Å². The Morgan fingerprint density at radius 1 is 1.00 bits per heavy atom. The average Bonchev–Trinajstić information content (AvgIpc) is 2.62. The molecule has 2 aromatic carbocycles. The number of halogens is 3. The lowest BCUT2D eigenvalue weighted by atomic mass is 10.1. The molecule has 0 unspecified atom stereocenters. The van der Waals surface area contributed by atoms with Gasteiger partial charge in [0.15, 0.2) is 6.61 Å². The van der Waals surface area contributed by atoms with E-state index >= 15 is 0 Å². The molecule has 1 aromatic heterocycles. The number of carbonyl (C=O) groups is 2. The summed E-state index contributed by atoms with van der Waals surface area (Å²) in [4.78, 5) is 28.2. The van der Waals surface area contributed by atoms with Crippen molar-refractivity contribution < 1.29 is 14.3 Å². The molecule has 3 aromatic rings. The molecule has 0 atom stereocenters. The molecule has 1 N–H and O–H groups in total. The summed E-state index contributed by atoms with van der Waals surface area (Å²) in [6, 6.07) is 12.9. The van der Waals surface area contributed by atoms with Crippen molar-refractivity contribution in [2.75, 3.05) is 11.9 Å². The topological polar surface area (TPSA) is 68.3 Å². The van der Waals surface area contributed by atoms with E-state index in [0.29, 0.717) is 32.0 Å². The van der Waals surface area contributed by atoms with Crippen molar-refractivity contribution in [1.82, 2.24) is 4.98 Å². The summed E-state index contributed by atoms with van der Waals surface area (Å²) in [5.41, 5.74) is 1.30. The quantitative estimate of drug-likeness (QED) is 0.487. The molecule has 0 aliphatic rings. The number of ether oxygens (including phenoxy) is 1. The molecule has 3 rings (SSSR count). The second-order valence-corrected chi connectivity index (χ2v) is 6.52. The number of hydrogen-bond donors (Lipinski definition) is 1. The first-order valence-electron chi connectivity index (χ1n) is 7.41. The molecule has 0 aliphatic carbocycles. The fraction of sp³-hybridized carbons (Fsp3) is 0.0556. The summed E-state index contributed by atoms with van der Waals surface area (Å²) in [7, 11) is 0. The molecular formula is C18H11Cl3N2O3. The maximum absolute atomic E-state index is 12.1. The summed E-state index contributed by atoms with van der Waals surface area (Å²) in [5, 5.41) is 4.39. The van der Waals surface area contributed by atoms with Gasteiger partial charge in [-0.3, -0.25) is 4.79 Å². The van der Waals surface area contributed by atoms with Gasteiger partial charge in [-0.1, -0.05) is 34.8 Å². The van der Waals surface area contributed by atoms with Gasteiger partial charge in [0.2, 0.25) is 0 Å². The lowest BCUT2D eigenvalue weighted by Gasteiger charge is -2.09. The van der Waals surface area contributed by atoms with E-state index in [-0.39, 0.29) is 0 Å². The second kappa shape index (κ2) is 7.91. The zero-order valence-electron chi connectivity index (χ0n) is 13.1. The Kier molecular flexibility index (Phi) is 5.61. The Labute approximate surface area is 163 Å². The van der Waals surface area contributed by atoms with Crippen molar-refractivity contribution in [1.29, 1.82) is 0 Å². The fourth-order valence-electron chi connectivity index (χ4n) is 2.22. The molecule has 26 heavy (non-hydrogen) atoms. The minimum absolute atomic E-state index is 0.301. The van der Waals surface area contributed by atoms with Gasteiger partial charge in [-0.05, 0) is 48.5 Å². The molecule has 8 heteroatoms. The van der Waals surface area contributed by atoms with Crippen LogP contribution in [0.3, 0.4) is 0 Å². The number of nitrogens with zero attached hydrogens (tertiary/aromatic N) is 1. The highest BCUT2D eigenvalue weighted by Gasteiger charge is 2.12. The summed E-state index contributed by atoms with van der Waals surface area (Å²) in [6.07, 6.45) is 0.